The lowest BCUT2D eigenvalue weighted by molar-refractivity contribution is -0.0695. The van der Waals surface area contributed by atoms with Crippen LogP contribution in [0.2, 0.25) is 0 Å². The maximum Gasteiger partial charge on any atom is 0.508 e. The molecule has 0 aliphatic carbocycles. The number of rotatable bonds is 7. The lowest BCUT2D eigenvalue weighted by Crippen LogP contribution is -2.36. The highest BCUT2D eigenvalue weighted by Crippen LogP contribution is 2.40. The topological polar surface area (TPSA) is 154 Å². The molecule has 11 nitrogen and oxygen atoms in total. The van der Waals surface area contributed by atoms with Crippen LogP contribution in [0.1, 0.15) is 17.7 Å². The first-order chi connectivity index (χ1) is 16.0. The molecule has 33 heavy (non-hydrogen) atoms. The van der Waals surface area contributed by atoms with Gasteiger partial charge in [0.1, 0.15) is 36.4 Å². The maximum absolute atomic E-state index is 12.0. The van der Waals surface area contributed by atoms with E-state index in [4.69, 9.17) is 24.7 Å². The number of nitrogens with two attached hydrogens (primary N) is 1. The number of hydrogen-bond donors (Lipinski definition) is 2. The number of methoxy groups -OCH3 is 1. The Kier molecular flexibility index (Phi) is 6.30. The fourth-order valence-corrected chi connectivity index (χ4v) is 3.78. The third-order valence-corrected chi connectivity index (χ3v) is 5.49. The molecule has 1 fully saturated rings. The summed E-state index contributed by atoms with van der Waals surface area (Å²) >= 11 is 0. The van der Waals surface area contributed by atoms with Crippen molar-refractivity contribution in [1.29, 1.82) is 5.26 Å². The number of anilines is 1. The number of carbonyl (C=O) groups is 1. The van der Waals surface area contributed by atoms with E-state index in [9.17, 15) is 15.2 Å². The van der Waals surface area contributed by atoms with Crippen molar-refractivity contribution in [1.82, 2.24) is 14.6 Å². The molecule has 0 spiro atoms. The van der Waals surface area contributed by atoms with Gasteiger partial charge < -0.3 is 29.8 Å². The first-order valence-corrected chi connectivity index (χ1v) is 10.2. The fraction of sp³-hybridized carbons (Fsp3) is 0.364. The van der Waals surface area contributed by atoms with Crippen LogP contribution >= 0.6 is 0 Å². The van der Waals surface area contributed by atoms with Crippen LogP contribution in [0.25, 0.3) is 5.52 Å². The Morgan fingerprint density at radius 3 is 2.85 bits per heavy atom. The number of carbonyl (C=O) groups excluding carboxylic acids is 1. The molecule has 4 rings (SSSR count). The number of aliphatic hydroxyl groups excluding tert-OH is 1. The average molecular weight is 453 g/mol. The minimum Gasteiger partial charge on any atom is -0.497 e. The van der Waals surface area contributed by atoms with E-state index in [1.165, 1.54) is 10.8 Å². The van der Waals surface area contributed by atoms with E-state index in [0.29, 0.717) is 17.6 Å². The van der Waals surface area contributed by atoms with Crippen molar-refractivity contribution in [2.45, 2.75) is 30.7 Å². The van der Waals surface area contributed by atoms with Gasteiger partial charge in [-0.15, -0.1) is 0 Å². The third kappa shape index (κ3) is 4.39. The van der Waals surface area contributed by atoms with Crippen molar-refractivity contribution in [2.24, 2.45) is 0 Å². The summed E-state index contributed by atoms with van der Waals surface area (Å²) in [5.41, 5.74) is 5.93. The SMILES string of the molecule is COc1ccc(CCOC(=O)OC[C@@H]2C[C@@H](O)[C@](C#N)(c3ccc4c(N)ncnn34)O2)cc1. The Morgan fingerprint density at radius 2 is 2.12 bits per heavy atom. The summed E-state index contributed by atoms with van der Waals surface area (Å²) in [6.07, 6.45) is -0.886. The van der Waals surface area contributed by atoms with E-state index in [0.717, 1.165) is 11.3 Å². The zero-order valence-corrected chi connectivity index (χ0v) is 17.9. The molecule has 3 aromatic rings. The van der Waals surface area contributed by atoms with E-state index in [2.05, 4.69) is 10.1 Å². The van der Waals surface area contributed by atoms with Crippen LogP contribution in [0, 0.1) is 11.3 Å². The van der Waals surface area contributed by atoms with Crippen molar-refractivity contribution in [3.63, 3.8) is 0 Å². The Labute approximate surface area is 189 Å². The van der Waals surface area contributed by atoms with Crippen LogP contribution in [0.15, 0.2) is 42.7 Å². The van der Waals surface area contributed by atoms with E-state index in [1.807, 2.05) is 30.3 Å². The van der Waals surface area contributed by atoms with Crippen molar-refractivity contribution >= 4 is 17.5 Å². The van der Waals surface area contributed by atoms with Crippen LogP contribution in [-0.4, -0.2) is 58.4 Å². The second-order valence-electron chi connectivity index (χ2n) is 7.51. The molecule has 0 radical (unpaired) electrons. The monoisotopic (exact) mass is 453 g/mol. The number of fused-ring (bicyclic) bond motifs is 1. The Morgan fingerprint density at radius 1 is 1.33 bits per heavy atom. The van der Waals surface area contributed by atoms with E-state index in [-0.39, 0.29) is 25.5 Å². The van der Waals surface area contributed by atoms with Gasteiger partial charge in [0, 0.05) is 12.8 Å². The highest BCUT2D eigenvalue weighted by atomic mass is 16.7. The summed E-state index contributed by atoms with van der Waals surface area (Å²) in [6, 6.07) is 12.7. The normalized spacial score (nSPS) is 22.1. The number of nitriles is 1. The third-order valence-electron chi connectivity index (χ3n) is 5.49. The molecule has 11 heteroatoms. The Balaban J connectivity index is 1.33. The van der Waals surface area contributed by atoms with Gasteiger partial charge in [-0.1, -0.05) is 12.1 Å². The molecule has 1 aromatic carbocycles. The number of aliphatic hydroxyl groups is 1. The number of nitrogens with zero attached hydrogens (tertiary/aromatic N) is 4. The number of benzene rings is 1. The number of nitrogen functional groups attached to an aromatic ring is 1. The molecule has 3 N–H and O–H groups in total. The fourth-order valence-electron chi connectivity index (χ4n) is 3.78. The van der Waals surface area contributed by atoms with E-state index in [1.54, 1.807) is 19.2 Å². The zero-order chi connectivity index (χ0) is 23.4. The van der Waals surface area contributed by atoms with Crippen LogP contribution in [-0.2, 0) is 26.2 Å². The number of ether oxygens (including phenoxy) is 4. The molecule has 3 heterocycles. The highest BCUT2D eigenvalue weighted by molar-refractivity contribution is 5.66. The molecule has 1 aliphatic rings. The molecule has 172 valence electrons. The summed E-state index contributed by atoms with van der Waals surface area (Å²) in [4.78, 5) is 15.9. The predicted octanol–water partition coefficient (Wildman–Crippen LogP) is 1.58. The number of aromatic nitrogens is 3. The zero-order valence-electron chi connectivity index (χ0n) is 17.9. The molecule has 0 amide bonds. The summed E-state index contributed by atoms with van der Waals surface area (Å²) in [5, 5.41) is 24.7. The van der Waals surface area contributed by atoms with Gasteiger partial charge in [-0.2, -0.15) is 10.4 Å². The summed E-state index contributed by atoms with van der Waals surface area (Å²) in [7, 11) is 1.59. The summed E-state index contributed by atoms with van der Waals surface area (Å²) < 4.78 is 22.6. The van der Waals surface area contributed by atoms with Crippen molar-refractivity contribution < 1.29 is 28.8 Å². The van der Waals surface area contributed by atoms with Gasteiger partial charge in [-0.3, -0.25) is 0 Å². The largest absolute Gasteiger partial charge is 0.508 e. The first kappa shape index (κ1) is 22.3. The van der Waals surface area contributed by atoms with Crippen LogP contribution in [0.3, 0.4) is 0 Å². The lowest BCUT2D eigenvalue weighted by atomic mass is 9.94. The summed E-state index contributed by atoms with van der Waals surface area (Å²) in [5.74, 6) is 0.976. The van der Waals surface area contributed by atoms with Gasteiger partial charge in [-0.25, -0.2) is 14.3 Å². The van der Waals surface area contributed by atoms with Gasteiger partial charge in [0.15, 0.2) is 5.82 Å². The molecular weight excluding hydrogens is 430 g/mol. The highest BCUT2D eigenvalue weighted by Gasteiger charge is 2.52. The van der Waals surface area contributed by atoms with Crippen LogP contribution in [0.4, 0.5) is 10.6 Å². The minimum atomic E-state index is -1.69. The summed E-state index contributed by atoms with van der Waals surface area (Å²) in [6.45, 7) is -0.0407. The van der Waals surface area contributed by atoms with Crippen molar-refractivity contribution in [2.75, 3.05) is 26.1 Å². The van der Waals surface area contributed by atoms with Crippen LogP contribution < -0.4 is 10.5 Å². The second kappa shape index (κ2) is 9.32. The molecule has 0 saturated carbocycles. The van der Waals surface area contributed by atoms with Gasteiger partial charge in [-0.05, 0) is 29.8 Å². The van der Waals surface area contributed by atoms with Gasteiger partial charge in [0.2, 0.25) is 5.60 Å². The second-order valence-corrected chi connectivity index (χ2v) is 7.51. The average Bonchev–Trinajstić information content (AvgIpc) is 3.40. The van der Waals surface area contributed by atoms with Crippen molar-refractivity contribution in [3.05, 3.63) is 54.0 Å². The maximum atomic E-state index is 12.0. The minimum absolute atomic E-state index is 0.0838. The lowest BCUT2D eigenvalue weighted by Gasteiger charge is -2.24. The molecule has 0 bridgehead atoms. The molecule has 1 saturated heterocycles. The standard InChI is InChI=1S/C22H23N5O6/c1-30-15-4-2-14(3-5-15)8-9-31-21(29)32-11-16-10-19(28)22(12-23,33-16)18-7-6-17-20(24)25-13-26-27(17)18/h2-7,13,16,19,28H,8-11H2,1H3,(H2,24,25,26)/t16-,19+,22-/m0/s1. The van der Waals surface area contributed by atoms with Crippen LogP contribution in [0.5, 0.6) is 5.75 Å². The quantitative estimate of drug-likeness (QED) is 0.504. The molecular formula is C22H23N5O6. The smallest absolute Gasteiger partial charge is 0.497 e. The van der Waals surface area contributed by atoms with E-state index < -0.39 is 24.0 Å². The number of hydrogen-bond acceptors (Lipinski definition) is 10. The Bertz CT molecular complexity index is 1170. The van der Waals surface area contributed by atoms with E-state index >= 15 is 0 Å². The molecule has 1 aliphatic heterocycles. The molecule has 2 aromatic heterocycles. The first-order valence-electron chi connectivity index (χ1n) is 10.2. The van der Waals surface area contributed by atoms with Gasteiger partial charge >= 0.3 is 6.16 Å². The van der Waals surface area contributed by atoms with Crippen molar-refractivity contribution in [3.8, 4) is 11.8 Å². The molecule has 3 atom stereocenters. The molecule has 0 unspecified atom stereocenters. The van der Waals surface area contributed by atoms with Gasteiger partial charge in [0.25, 0.3) is 0 Å². The Hall–Kier alpha value is -3.88. The van der Waals surface area contributed by atoms with Gasteiger partial charge in [0.05, 0.1) is 25.5 Å². The predicted molar refractivity (Wildman–Crippen MR) is 114 cm³/mol.